The summed E-state index contributed by atoms with van der Waals surface area (Å²) in [5.41, 5.74) is 8.54. The van der Waals surface area contributed by atoms with Gasteiger partial charge in [0.15, 0.2) is 11.5 Å². The molecule has 0 heterocycles. The quantitative estimate of drug-likeness (QED) is 0.818. The first kappa shape index (κ1) is 14.5. The highest BCUT2D eigenvalue weighted by atomic mass is 79.9. The van der Waals surface area contributed by atoms with Crippen molar-refractivity contribution in [1.82, 2.24) is 0 Å². The van der Waals surface area contributed by atoms with E-state index in [9.17, 15) is 0 Å². The van der Waals surface area contributed by atoms with Gasteiger partial charge >= 0.3 is 0 Å². The van der Waals surface area contributed by atoms with Gasteiger partial charge < -0.3 is 20.5 Å². The Hall–Kier alpha value is -1.88. The van der Waals surface area contributed by atoms with Gasteiger partial charge in [-0.1, -0.05) is 6.07 Å². The first-order valence-electron chi connectivity index (χ1n) is 6.14. The van der Waals surface area contributed by atoms with Gasteiger partial charge in [-0.15, -0.1) is 0 Å². The molecule has 3 N–H and O–H groups in total. The molecule has 4 nitrogen and oxygen atoms in total. The van der Waals surface area contributed by atoms with Gasteiger partial charge in [-0.25, -0.2) is 0 Å². The number of halogens is 1. The second kappa shape index (κ2) is 6.52. The maximum atomic E-state index is 5.72. The molecule has 106 valence electrons. The molecule has 0 aliphatic rings. The smallest absolute Gasteiger partial charge is 0.161 e. The van der Waals surface area contributed by atoms with Gasteiger partial charge in [0.05, 0.1) is 14.2 Å². The van der Waals surface area contributed by atoms with Crippen molar-refractivity contribution in [2.75, 3.05) is 25.3 Å². The predicted molar refractivity (Wildman–Crippen MR) is 85.4 cm³/mol. The van der Waals surface area contributed by atoms with Gasteiger partial charge in [0.2, 0.25) is 0 Å². The van der Waals surface area contributed by atoms with Crippen LogP contribution < -0.4 is 20.5 Å². The monoisotopic (exact) mass is 336 g/mol. The van der Waals surface area contributed by atoms with E-state index in [0.29, 0.717) is 6.54 Å². The lowest BCUT2D eigenvalue weighted by atomic mass is 10.2. The lowest BCUT2D eigenvalue weighted by Crippen LogP contribution is -2.01. The lowest BCUT2D eigenvalue weighted by Gasteiger charge is -2.12. The molecule has 0 fully saturated rings. The van der Waals surface area contributed by atoms with Crippen LogP contribution in [0.2, 0.25) is 0 Å². The SMILES string of the molecule is COc1ccc(CNc2ccc(N)cc2Br)cc1OC. The summed E-state index contributed by atoms with van der Waals surface area (Å²) in [6, 6.07) is 11.5. The molecule has 2 aromatic carbocycles. The summed E-state index contributed by atoms with van der Waals surface area (Å²) in [6.07, 6.45) is 0. The molecule has 2 rings (SSSR count). The van der Waals surface area contributed by atoms with Crippen molar-refractivity contribution < 1.29 is 9.47 Å². The number of anilines is 2. The van der Waals surface area contributed by atoms with Crippen LogP contribution in [0.25, 0.3) is 0 Å². The Labute approximate surface area is 127 Å². The van der Waals surface area contributed by atoms with Crippen molar-refractivity contribution in [3.8, 4) is 11.5 Å². The van der Waals surface area contributed by atoms with Crippen molar-refractivity contribution in [2.45, 2.75) is 6.54 Å². The zero-order valence-electron chi connectivity index (χ0n) is 11.4. The van der Waals surface area contributed by atoms with E-state index >= 15 is 0 Å². The van der Waals surface area contributed by atoms with Crippen LogP contribution in [0.1, 0.15) is 5.56 Å². The summed E-state index contributed by atoms with van der Waals surface area (Å²) >= 11 is 3.48. The number of hydrogen-bond donors (Lipinski definition) is 2. The van der Waals surface area contributed by atoms with E-state index in [1.54, 1.807) is 14.2 Å². The van der Waals surface area contributed by atoms with Gasteiger partial charge in [0, 0.05) is 22.4 Å². The van der Waals surface area contributed by atoms with Crippen molar-refractivity contribution >= 4 is 27.3 Å². The van der Waals surface area contributed by atoms with E-state index in [2.05, 4.69) is 21.2 Å². The summed E-state index contributed by atoms with van der Waals surface area (Å²) in [5.74, 6) is 1.45. The Balaban J connectivity index is 2.10. The number of ether oxygens (including phenoxy) is 2. The molecule has 0 aliphatic heterocycles. The van der Waals surface area contributed by atoms with E-state index in [4.69, 9.17) is 15.2 Å². The lowest BCUT2D eigenvalue weighted by molar-refractivity contribution is 0.354. The Morgan fingerprint density at radius 3 is 2.45 bits per heavy atom. The van der Waals surface area contributed by atoms with Gasteiger partial charge in [-0.3, -0.25) is 0 Å². The van der Waals surface area contributed by atoms with E-state index in [1.807, 2.05) is 36.4 Å². The van der Waals surface area contributed by atoms with Crippen molar-refractivity contribution in [2.24, 2.45) is 0 Å². The van der Waals surface area contributed by atoms with E-state index < -0.39 is 0 Å². The molecule has 5 heteroatoms. The number of benzene rings is 2. The molecule has 0 spiro atoms. The zero-order valence-corrected chi connectivity index (χ0v) is 13.0. The number of nitrogens with two attached hydrogens (primary N) is 1. The van der Waals surface area contributed by atoms with Crippen LogP contribution >= 0.6 is 15.9 Å². The van der Waals surface area contributed by atoms with Crippen LogP contribution in [0.3, 0.4) is 0 Å². The minimum absolute atomic E-state index is 0.683. The topological polar surface area (TPSA) is 56.5 Å². The highest BCUT2D eigenvalue weighted by molar-refractivity contribution is 9.10. The molecule has 0 saturated heterocycles. The van der Waals surface area contributed by atoms with Gasteiger partial charge in [0.1, 0.15) is 0 Å². The number of rotatable bonds is 5. The standard InChI is InChI=1S/C15H17BrN2O2/c1-19-14-6-3-10(7-15(14)20-2)9-18-13-5-4-11(17)8-12(13)16/h3-8,18H,9,17H2,1-2H3. The van der Waals surface area contributed by atoms with Crippen LogP contribution in [-0.4, -0.2) is 14.2 Å². The second-order valence-electron chi connectivity index (χ2n) is 4.28. The highest BCUT2D eigenvalue weighted by Crippen LogP contribution is 2.29. The fourth-order valence-corrected chi connectivity index (χ4v) is 2.40. The third kappa shape index (κ3) is 3.36. The summed E-state index contributed by atoms with van der Waals surface area (Å²) < 4.78 is 11.5. The fraction of sp³-hybridized carbons (Fsp3) is 0.200. The van der Waals surface area contributed by atoms with Gasteiger partial charge in [-0.2, -0.15) is 0 Å². The highest BCUT2D eigenvalue weighted by Gasteiger charge is 2.05. The third-order valence-corrected chi connectivity index (χ3v) is 3.58. The molecule has 2 aromatic rings. The number of nitrogens with one attached hydrogen (secondary N) is 1. The maximum Gasteiger partial charge on any atom is 0.161 e. The fourth-order valence-electron chi connectivity index (χ4n) is 1.86. The molecular formula is C15H17BrN2O2. The molecule has 0 aromatic heterocycles. The average molecular weight is 337 g/mol. The summed E-state index contributed by atoms with van der Waals surface area (Å²) in [4.78, 5) is 0. The van der Waals surface area contributed by atoms with Crippen LogP contribution in [-0.2, 0) is 6.54 Å². The number of nitrogen functional groups attached to an aromatic ring is 1. The van der Waals surface area contributed by atoms with Crippen molar-refractivity contribution in [3.05, 3.63) is 46.4 Å². The summed E-state index contributed by atoms with van der Waals surface area (Å²) in [7, 11) is 3.26. The number of hydrogen-bond acceptors (Lipinski definition) is 4. The molecular weight excluding hydrogens is 320 g/mol. The molecule has 20 heavy (non-hydrogen) atoms. The van der Waals surface area contributed by atoms with Gasteiger partial charge in [0.25, 0.3) is 0 Å². The minimum Gasteiger partial charge on any atom is -0.493 e. The van der Waals surface area contributed by atoms with Crippen LogP contribution in [0, 0.1) is 0 Å². The molecule has 0 bridgehead atoms. The zero-order chi connectivity index (χ0) is 14.5. The summed E-state index contributed by atoms with van der Waals surface area (Å²) in [5, 5.41) is 3.35. The Morgan fingerprint density at radius 2 is 1.80 bits per heavy atom. The van der Waals surface area contributed by atoms with Crippen LogP contribution in [0.4, 0.5) is 11.4 Å². The van der Waals surface area contributed by atoms with Crippen LogP contribution in [0.5, 0.6) is 11.5 Å². The van der Waals surface area contributed by atoms with Crippen molar-refractivity contribution in [1.29, 1.82) is 0 Å². The Morgan fingerprint density at radius 1 is 1.05 bits per heavy atom. The Kier molecular flexibility index (Phi) is 4.74. The number of methoxy groups -OCH3 is 2. The largest absolute Gasteiger partial charge is 0.493 e. The maximum absolute atomic E-state index is 5.72. The minimum atomic E-state index is 0.683. The van der Waals surface area contributed by atoms with E-state index in [0.717, 1.165) is 32.9 Å². The van der Waals surface area contributed by atoms with E-state index in [-0.39, 0.29) is 0 Å². The van der Waals surface area contributed by atoms with E-state index in [1.165, 1.54) is 0 Å². The average Bonchev–Trinajstić information content (AvgIpc) is 2.46. The molecule has 0 unspecified atom stereocenters. The summed E-state index contributed by atoms with van der Waals surface area (Å²) in [6.45, 7) is 0.683. The molecule has 0 saturated carbocycles. The second-order valence-corrected chi connectivity index (χ2v) is 5.14. The Bertz CT molecular complexity index is 602. The first-order valence-corrected chi connectivity index (χ1v) is 6.93. The predicted octanol–water partition coefficient (Wildman–Crippen LogP) is 3.66. The molecule has 0 atom stereocenters. The first-order chi connectivity index (χ1) is 9.63. The van der Waals surface area contributed by atoms with Gasteiger partial charge in [-0.05, 0) is 51.8 Å². The molecule has 0 radical (unpaired) electrons. The normalized spacial score (nSPS) is 10.2. The molecule has 0 aliphatic carbocycles. The molecule has 0 amide bonds. The van der Waals surface area contributed by atoms with Crippen LogP contribution in [0.15, 0.2) is 40.9 Å². The third-order valence-electron chi connectivity index (χ3n) is 2.92. The van der Waals surface area contributed by atoms with Crippen molar-refractivity contribution in [3.63, 3.8) is 0 Å².